The fourth-order valence-electron chi connectivity index (χ4n) is 2.83. The lowest BCUT2D eigenvalue weighted by Gasteiger charge is -2.12. The topological polar surface area (TPSA) is 117 Å². The van der Waals surface area contributed by atoms with E-state index >= 15 is 0 Å². The van der Waals surface area contributed by atoms with Crippen molar-refractivity contribution in [1.82, 2.24) is 10.7 Å². The Morgan fingerprint density at radius 3 is 2.00 bits per heavy atom. The molecule has 2 rings (SSSR count). The molecular formula is C22H27N3O7. The van der Waals surface area contributed by atoms with Gasteiger partial charge in [-0.2, -0.15) is 5.10 Å². The summed E-state index contributed by atoms with van der Waals surface area (Å²) in [6, 6.07) is 8.75. The molecular weight excluding hydrogens is 418 g/mol. The van der Waals surface area contributed by atoms with Crippen molar-refractivity contribution in [3.05, 3.63) is 41.5 Å². The first-order valence-electron chi connectivity index (χ1n) is 9.59. The van der Waals surface area contributed by atoms with Gasteiger partial charge in [-0.1, -0.05) is 6.07 Å². The van der Waals surface area contributed by atoms with E-state index in [-0.39, 0.29) is 6.54 Å². The Labute approximate surface area is 186 Å². The number of benzene rings is 2. The molecule has 0 heterocycles. The summed E-state index contributed by atoms with van der Waals surface area (Å²) in [5.74, 6) is 0.832. The normalized spacial score (nSPS) is 10.4. The second-order valence-electron chi connectivity index (χ2n) is 6.35. The van der Waals surface area contributed by atoms with Crippen molar-refractivity contribution in [2.45, 2.75) is 6.42 Å². The number of nitrogens with zero attached hydrogens (tertiary/aromatic N) is 1. The standard InChI is InChI=1S/C22H27N3O7/c1-28-16-7-6-14(10-17(16)29-2)8-9-23-21(26)22(27)25-24-13-15-11-18(30-3)20(32-5)19(12-15)31-4/h6-7,10-13H,8-9H2,1-5H3,(H,23,26)(H,25,27)/b24-13-. The lowest BCUT2D eigenvalue weighted by Crippen LogP contribution is -2.38. The van der Waals surface area contributed by atoms with E-state index in [9.17, 15) is 9.59 Å². The largest absolute Gasteiger partial charge is 0.493 e. The minimum absolute atomic E-state index is 0.262. The SMILES string of the molecule is COc1ccc(CCNC(=O)C(=O)N/N=C\c2cc(OC)c(OC)c(OC)c2)cc1OC. The number of carbonyl (C=O) groups is 2. The number of carbonyl (C=O) groups excluding carboxylic acids is 2. The number of nitrogens with one attached hydrogen (secondary N) is 2. The minimum Gasteiger partial charge on any atom is -0.493 e. The summed E-state index contributed by atoms with van der Waals surface area (Å²) in [7, 11) is 7.59. The molecule has 0 unspecified atom stereocenters. The van der Waals surface area contributed by atoms with Crippen LogP contribution in [0.2, 0.25) is 0 Å². The van der Waals surface area contributed by atoms with Gasteiger partial charge in [-0.3, -0.25) is 9.59 Å². The van der Waals surface area contributed by atoms with Crippen LogP contribution in [0.25, 0.3) is 0 Å². The molecule has 2 N–H and O–H groups in total. The third-order valence-corrected chi connectivity index (χ3v) is 4.42. The summed E-state index contributed by atoms with van der Waals surface area (Å²) in [4.78, 5) is 23.9. The predicted octanol–water partition coefficient (Wildman–Crippen LogP) is 1.54. The summed E-state index contributed by atoms with van der Waals surface area (Å²) in [5, 5.41) is 6.35. The van der Waals surface area contributed by atoms with Gasteiger partial charge in [0.25, 0.3) is 0 Å². The number of amides is 2. The summed E-state index contributed by atoms with van der Waals surface area (Å²) in [6.45, 7) is 0.262. The smallest absolute Gasteiger partial charge is 0.329 e. The van der Waals surface area contributed by atoms with Crippen LogP contribution in [0.5, 0.6) is 28.7 Å². The molecule has 0 saturated carbocycles. The molecule has 32 heavy (non-hydrogen) atoms. The number of hydrogen-bond donors (Lipinski definition) is 2. The molecule has 2 amide bonds. The summed E-state index contributed by atoms with van der Waals surface area (Å²) >= 11 is 0. The van der Waals surface area contributed by atoms with Gasteiger partial charge in [-0.05, 0) is 36.2 Å². The quantitative estimate of drug-likeness (QED) is 0.324. The molecule has 0 spiro atoms. The lowest BCUT2D eigenvalue weighted by molar-refractivity contribution is -0.139. The van der Waals surface area contributed by atoms with Crippen LogP contribution in [0.1, 0.15) is 11.1 Å². The highest BCUT2D eigenvalue weighted by molar-refractivity contribution is 6.35. The first-order valence-corrected chi connectivity index (χ1v) is 9.59. The first kappa shape index (κ1) is 24.3. The Balaban J connectivity index is 1.89. The number of ether oxygens (including phenoxy) is 5. The first-order chi connectivity index (χ1) is 15.5. The molecule has 2 aromatic carbocycles. The van der Waals surface area contributed by atoms with Crippen LogP contribution >= 0.6 is 0 Å². The van der Waals surface area contributed by atoms with Gasteiger partial charge in [0.15, 0.2) is 23.0 Å². The van der Waals surface area contributed by atoms with Crippen molar-refractivity contribution in [3.63, 3.8) is 0 Å². The molecule has 0 aliphatic carbocycles. The molecule has 0 radical (unpaired) electrons. The maximum Gasteiger partial charge on any atom is 0.329 e. The fraction of sp³-hybridized carbons (Fsp3) is 0.318. The van der Waals surface area contributed by atoms with Crippen LogP contribution < -0.4 is 34.4 Å². The van der Waals surface area contributed by atoms with E-state index < -0.39 is 11.8 Å². The average molecular weight is 445 g/mol. The highest BCUT2D eigenvalue weighted by atomic mass is 16.5. The third-order valence-electron chi connectivity index (χ3n) is 4.42. The molecule has 0 aromatic heterocycles. The van der Waals surface area contributed by atoms with Crippen LogP contribution in [0.4, 0.5) is 0 Å². The number of hydrazone groups is 1. The molecule has 10 heteroatoms. The number of hydrogen-bond acceptors (Lipinski definition) is 8. The summed E-state index contributed by atoms with van der Waals surface area (Å²) in [6.07, 6.45) is 1.87. The molecule has 0 aliphatic rings. The van der Waals surface area contributed by atoms with E-state index in [1.807, 2.05) is 12.1 Å². The van der Waals surface area contributed by atoms with E-state index in [2.05, 4.69) is 15.8 Å². The van der Waals surface area contributed by atoms with Gasteiger partial charge in [-0.25, -0.2) is 5.43 Å². The highest BCUT2D eigenvalue weighted by Gasteiger charge is 2.14. The van der Waals surface area contributed by atoms with Gasteiger partial charge in [0, 0.05) is 12.1 Å². The molecule has 2 aromatic rings. The molecule has 0 aliphatic heterocycles. The van der Waals surface area contributed by atoms with Crippen molar-refractivity contribution in [2.24, 2.45) is 5.10 Å². The Morgan fingerprint density at radius 1 is 0.812 bits per heavy atom. The second-order valence-corrected chi connectivity index (χ2v) is 6.35. The average Bonchev–Trinajstić information content (AvgIpc) is 2.82. The Kier molecular flexibility index (Phi) is 9.15. The third kappa shape index (κ3) is 6.27. The zero-order valence-corrected chi connectivity index (χ0v) is 18.7. The molecule has 10 nitrogen and oxygen atoms in total. The second kappa shape index (κ2) is 12.0. The Bertz CT molecular complexity index is 951. The number of rotatable bonds is 10. The highest BCUT2D eigenvalue weighted by Crippen LogP contribution is 2.37. The molecule has 0 bridgehead atoms. The lowest BCUT2D eigenvalue weighted by atomic mass is 10.1. The van der Waals surface area contributed by atoms with E-state index in [0.717, 1.165) is 5.56 Å². The van der Waals surface area contributed by atoms with Gasteiger partial charge < -0.3 is 29.0 Å². The minimum atomic E-state index is -0.888. The van der Waals surface area contributed by atoms with Crippen LogP contribution in [0, 0.1) is 0 Å². The van der Waals surface area contributed by atoms with E-state index in [1.54, 1.807) is 32.4 Å². The molecule has 172 valence electrons. The summed E-state index contributed by atoms with van der Waals surface area (Å²) < 4.78 is 26.2. The van der Waals surface area contributed by atoms with Gasteiger partial charge in [0.2, 0.25) is 5.75 Å². The maximum atomic E-state index is 12.0. The Hall–Kier alpha value is -3.95. The Morgan fingerprint density at radius 2 is 1.44 bits per heavy atom. The molecule has 0 saturated heterocycles. The van der Waals surface area contributed by atoms with Gasteiger partial charge in [0.1, 0.15) is 0 Å². The molecule has 0 atom stereocenters. The van der Waals surface area contributed by atoms with Gasteiger partial charge >= 0.3 is 11.8 Å². The van der Waals surface area contributed by atoms with Crippen molar-refractivity contribution >= 4 is 18.0 Å². The van der Waals surface area contributed by atoms with E-state index in [1.165, 1.54) is 27.5 Å². The van der Waals surface area contributed by atoms with Crippen molar-refractivity contribution in [1.29, 1.82) is 0 Å². The van der Waals surface area contributed by atoms with Crippen molar-refractivity contribution < 1.29 is 33.3 Å². The summed E-state index contributed by atoms with van der Waals surface area (Å²) in [5.41, 5.74) is 3.68. The zero-order chi connectivity index (χ0) is 23.5. The maximum absolute atomic E-state index is 12.0. The van der Waals surface area contributed by atoms with E-state index in [4.69, 9.17) is 23.7 Å². The fourth-order valence-corrected chi connectivity index (χ4v) is 2.83. The molecule has 0 fully saturated rings. The van der Waals surface area contributed by atoms with Crippen LogP contribution in [0.3, 0.4) is 0 Å². The van der Waals surface area contributed by atoms with E-state index in [0.29, 0.717) is 40.7 Å². The van der Waals surface area contributed by atoms with Crippen LogP contribution in [0.15, 0.2) is 35.4 Å². The monoisotopic (exact) mass is 445 g/mol. The van der Waals surface area contributed by atoms with Gasteiger partial charge in [0.05, 0.1) is 41.8 Å². The number of methoxy groups -OCH3 is 5. The van der Waals surface area contributed by atoms with Crippen LogP contribution in [-0.4, -0.2) is 60.1 Å². The van der Waals surface area contributed by atoms with Crippen molar-refractivity contribution in [3.8, 4) is 28.7 Å². The zero-order valence-electron chi connectivity index (χ0n) is 18.7. The van der Waals surface area contributed by atoms with Crippen molar-refractivity contribution in [2.75, 3.05) is 42.1 Å². The predicted molar refractivity (Wildman–Crippen MR) is 118 cm³/mol. The van der Waals surface area contributed by atoms with Crippen LogP contribution in [-0.2, 0) is 16.0 Å². The van der Waals surface area contributed by atoms with Gasteiger partial charge in [-0.15, -0.1) is 0 Å².